The Kier molecular flexibility index (Phi) is 5.51. The van der Waals surface area contributed by atoms with Gasteiger partial charge in [-0.3, -0.25) is 4.79 Å². The van der Waals surface area contributed by atoms with Crippen LogP contribution in [0.3, 0.4) is 0 Å². The Morgan fingerprint density at radius 1 is 1.14 bits per heavy atom. The summed E-state index contributed by atoms with van der Waals surface area (Å²) in [7, 11) is -1.58. The fourth-order valence-corrected chi connectivity index (χ4v) is 7.40. The van der Waals surface area contributed by atoms with Crippen molar-refractivity contribution in [2.24, 2.45) is 4.99 Å². The molecule has 0 unspecified atom stereocenters. The number of nitrogens with zero attached hydrogens (tertiary/aromatic N) is 2. The van der Waals surface area contributed by atoms with Gasteiger partial charge in [0, 0.05) is 5.25 Å². The molecular weight excluding hydrogens is 412 g/mol. The normalized spacial score (nSPS) is 23.8. The van der Waals surface area contributed by atoms with E-state index in [1.54, 1.807) is 25.3 Å². The highest BCUT2D eigenvalue weighted by molar-refractivity contribution is 8.16. The van der Waals surface area contributed by atoms with Gasteiger partial charge in [-0.1, -0.05) is 42.1 Å². The molecule has 2 aliphatic rings. The third kappa shape index (κ3) is 4.25. The molecule has 7 nitrogen and oxygen atoms in total. The monoisotopic (exact) mass is 432 g/mol. The van der Waals surface area contributed by atoms with Crippen LogP contribution in [0.2, 0.25) is 0 Å². The molecule has 2 saturated heterocycles. The van der Waals surface area contributed by atoms with Gasteiger partial charge in [-0.05, 0) is 24.3 Å². The Labute approximate surface area is 173 Å². The number of rotatable bonds is 5. The molecule has 2 heterocycles. The second-order valence-corrected chi connectivity index (χ2v) is 10.1. The third-order valence-electron chi connectivity index (χ3n) is 4.74. The highest BCUT2D eigenvalue weighted by Crippen LogP contribution is 2.43. The Bertz CT molecular complexity index is 1040. The number of carbonyl (C=O) groups is 1. The quantitative estimate of drug-likeness (QED) is 0.717. The van der Waals surface area contributed by atoms with Crippen LogP contribution < -0.4 is 14.4 Å². The summed E-state index contributed by atoms with van der Waals surface area (Å²) in [5, 5.41) is 0.299. The minimum Gasteiger partial charge on any atom is -0.495 e. The molecule has 2 fully saturated rings. The van der Waals surface area contributed by atoms with Gasteiger partial charge < -0.3 is 14.4 Å². The van der Waals surface area contributed by atoms with Crippen molar-refractivity contribution < 1.29 is 22.7 Å². The molecule has 0 aliphatic carbocycles. The molecule has 0 radical (unpaired) electrons. The predicted molar refractivity (Wildman–Crippen MR) is 114 cm³/mol. The van der Waals surface area contributed by atoms with Crippen LogP contribution in [-0.2, 0) is 14.6 Å². The second-order valence-electron chi connectivity index (χ2n) is 6.73. The zero-order chi connectivity index (χ0) is 20.4. The zero-order valence-electron chi connectivity index (χ0n) is 15.7. The molecule has 29 heavy (non-hydrogen) atoms. The third-order valence-corrected chi connectivity index (χ3v) is 7.95. The van der Waals surface area contributed by atoms with Crippen molar-refractivity contribution in [3.63, 3.8) is 0 Å². The fourth-order valence-electron chi connectivity index (χ4n) is 3.48. The van der Waals surface area contributed by atoms with E-state index in [9.17, 15) is 13.2 Å². The molecule has 152 valence electrons. The lowest BCUT2D eigenvalue weighted by molar-refractivity contribution is -0.119. The van der Waals surface area contributed by atoms with Crippen LogP contribution in [-0.4, -0.2) is 56.0 Å². The molecule has 0 aromatic heterocycles. The van der Waals surface area contributed by atoms with Gasteiger partial charge in [0.2, 0.25) is 0 Å². The minimum atomic E-state index is -3.13. The van der Waals surface area contributed by atoms with Crippen molar-refractivity contribution >= 4 is 38.4 Å². The van der Waals surface area contributed by atoms with Gasteiger partial charge in [0.1, 0.15) is 11.5 Å². The summed E-state index contributed by atoms with van der Waals surface area (Å²) in [6, 6.07) is 16.1. The van der Waals surface area contributed by atoms with E-state index >= 15 is 0 Å². The largest absolute Gasteiger partial charge is 0.495 e. The van der Waals surface area contributed by atoms with Crippen molar-refractivity contribution in [1.29, 1.82) is 0 Å². The summed E-state index contributed by atoms with van der Waals surface area (Å²) in [4.78, 5) is 18.5. The van der Waals surface area contributed by atoms with Gasteiger partial charge in [0.15, 0.2) is 21.6 Å². The molecule has 1 amide bonds. The highest BCUT2D eigenvalue weighted by Gasteiger charge is 2.50. The van der Waals surface area contributed by atoms with Crippen molar-refractivity contribution in [2.75, 3.05) is 30.1 Å². The first kappa shape index (κ1) is 19.8. The summed E-state index contributed by atoms with van der Waals surface area (Å²) in [6.45, 7) is -0.193. The van der Waals surface area contributed by atoms with Crippen LogP contribution >= 0.6 is 11.8 Å². The molecule has 0 bridgehead atoms. The summed E-state index contributed by atoms with van der Waals surface area (Å²) in [5.41, 5.74) is 0.697. The molecule has 2 aromatic carbocycles. The number of benzene rings is 2. The molecule has 0 N–H and O–H groups in total. The number of sulfone groups is 1. The highest BCUT2D eigenvalue weighted by atomic mass is 32.2. The van der Waals surface area contributed by atoms with Gasteiger partial charge in [-0.15, -0.1) is 0 Å². The maximum Gasteiger partial charge on any atom is 0.285 e. The van der Waals surface area contributed by atoms with E-state index in [-0.39, 0.29) is 29.4 Å². The maximum atomic E-state index is 12.4. The minimum absolute atomic E-state index is 0.0242. The topological polar surface area (TPSA) is 85.3 Å². The number of amidine groups is 1. The van der Waals surface area contributed by atoms with E-state index in [1.165, 1.54) is 11.8 Å². The smallest absolute Gasteiger partial charge is 0.285 e. The van der Waals surface area contributed by atoms with E-state index in [0.717, 1.165) is 0 Å². The van der Waals surface area contributed by atoms with E-state index in [4.69, 9.17) is 9.47 Å². The Hall–Kier alpha value is -2.52. The number of hydrogen-bond acceptors (Lipinski definition) is 6. The van der Waals surface area contributed by atoms with Gasteiger partial charge in [-0.2, -0.15) is 4.99 Å². The van der Waals surface area contributed by atoms with Crippen LogP contribution in [0.15, 0.2) is 59.6 Å². The fraction of sp³-hybridized carbons (Fsp3) is 0.300. The van der Waals surface area contributed by atoms with Crippen molar-refractivity contribution in [3.05, 3.63) is 54.6 Å². The number of anilines is 1. The molecule has 9 heteroatoms. The van der Waals surface area contributed by atoms with Gasteiger partial charge in [0.05, 0.1) is 30.3 Å². The predicted octanol–water partition coefficient (Wildman–Crippen LogP) is 2.38. The SMILES string of the molecule is COc1ccccc1N1C(=NC(=O)COc2ccccc2)S[C@@H]2CS(=O)(=O)C[C@@H]21. The lowest BCUT2D eigenvalue weighted by Gasteiger charge is -2.26. The van der Waals surface area contributed by atoms with Gasteiger partial charge in [-0.25, -0.2) is 8.42 Å². The molecule has 2 atom stereocenters. The van der Waals surface area contributed by atoms with E-state index in [0.29, 0.717) is 22.4 Å². The van der Waals surface area contributed by atoms with Crippen LogP contribution in [0, 0.1) is 0 Å². The average molecular weight is 433 g/mol. The number of thioether (sulfide) groups is 1. The summed E-state index contributed by atoms with van der Waals surface area (Å²) in [6.07, 6.45) is 0. The van der Waals surface area contributed by atoms with E-state index in [2.05, 4.69) is 4.99 Å². The molecule has 0 spiro atoms. The van der Waals surface area contributed by atoms with Gasteiger partial charge in [0.25, 0.3) is 5.91 Å². The number of carbonyl (C=O) groups excluding carboxylic acids is 1. The summed E-state index contributed by atoms with van der Waals surface area (Å²) in [5.74, 6) is 0.848. The number of aliphatic imine (C=N–C) groups is 1. The number of hydrogen-bond donors (Lipinski definition) is 0. The lowest BCUT2D eigenvalue weighted by atomic mass is 10.2. The molecule has 2 aliphatic heterocycles. The lowest BCUT2D eigenvalue weighted by Crippen LogP contribution is -2.38. The van der Waals surface area contributed by atoms with Crippen LogP contribution in [0.4, 0.5) is 5.69 Å². The summed E-state index contributed by atoms with van der Waals surface area (Å²) >= 11 is 1.32. The van der Waals surface area contributed by atoms with Crippen molar-refractivity contribution in [2.45, 2.75) is 11.3 Å². The number of ether oxygens (including phenoxy) is 2. The number of para-hydroxylation sites is 3. The molecule has 0 saturated carbocycles. The van der Waals surface area contributed by atoms with Crippen LogP contribution in [0.5, 0.6) is 11.5 Å². The molecule has 4 rings (SSSR count). The summed E-state index contributed by atoms with van der Waals surface area (Å²) < 4.78 is 35.3. The Morgan fingerprint density at radius 2 is 1.86 bits per heavy atom. The maximum absolute atomic E-state index is 12.4. The van der Waals surface area contributed by atoms with Crippen molar-refractivity contribution in [1.82, 2.24) is 0 Å². The Morgan fingerprint density at radius 3 is 2.62 bits per heavy atom. The standard InChI is InChI=1S/C20H20N2O5S2/c1-26-17-10-6-5-9-15(17)22-16-12-29(24,25)13-18(16)28-20(22)21-19(23)11-27-14-7-3-2-4-8-14/h2-10,16,18H,11-13H2,1H3/t16-,18+/m0/s1. The Balaban J connectivity index is 1.61. The first-order valence-electron chi connectivity index (χ1n) is 9.05. The number of fused-ring (bicyclic) bond motifs is 1. The van der Waals surface area contributed by atoms with Crippen LogP contribution in [0.25, 0.3) is 0 Å². The van der Waals surface area contributed by atoms with E-state index < -0.39 is 15.7 Å². The number of methoxy groups -OCH3 is 1. The second kappa shape index (κ2) is 8.08. The molecule has 2 aromatic rings. The average Bonchev–Trinajstić information content (AvgIpc) is 3.17. The first-order chi connectivity index (χ1) is 14.0. The van der Waals surface area contributed by atoms with Crippen LogP contribution in [0.1, 0.15) is 0 Å². The zero-order valence-corrected chi connectivity index (χ0v) is 17.4. The molecular formula is C20H20N2O5S2. The first-order valence-corrected chi connectivity index (χ1v) is 11.8. The van der Waals surface area contributed by atoms with Gasteiger partial charge >= 0.3 is 0 Å². The van der Waals surface area contributed by atoms with E-state index in [1.807, 2.05) is 41.3 Å². The number of amides is 1. The van der Waals surface area contributed by atoms with Crippen molar-refractivity contribution in [3.8, 4) is 11.5 Å².